The second-order valence-corrected chi connectivity index (χ2v) is 6.25. The first-order valence-electron chi connectivity index (χ1n) is 8.44. The van der Waals surface area contributed by atoms with Gasteiger partial charge >= 0.3 is 0 Å². The molecule has 7 heteroatoms. The highest BCUT2D eigenvalue weighted by molar-refractivity contribution is 5.96. The van der Waals surface area contributed by atoms with Gasteiger partial charge in [0.05, 0.1) is 12.1 Å². The Morgan fingerprint density at radius 3 is 2.26 bits per heavy atom. The number of carbonyl (C=O) groups excluding carboxylic acids is 3. The minimum Gasteiger partial charge on any atom is -0.483 e. The molecule has 4 N–H and O–H groups in total. The summed E-state index contributed by atoms with van der Waals surface area (Å²) in [5.41, 5.74) is 9.21. The molecular formula is C20H23N3O4. The molecule has 0 heterocycles. The summed E-state index contributed by atoms with van der Waals surface area (Å²) >= 11 is 0. The number of primary amides is 1. The minimum absolute atomic E-state index is 0.188. The molecule has 7 nitrogen and oxygen atoms in total. The van der Waals surface area contributed by atoms with E-state index in [-0.39, 0.29) is 30.4 Å². The molecule has 27 heavy (non-hydrogen) atoms. The average molecular weight is 369 g/mol. The third kappa shape index (κ3) is 5.57. The van der Waals surface area contributed by atoms with Crippen molar-refractivity contribution in [3.63, 3.8) is 0 Å². The molecule has 142 valence electrons. The summed E-state index contributed by atoms with van der Waals surface area (Å²) in [5.74, 6) is -1.25. The maximum Gasteiger partial charge on any atom is 0.258 e. The Labute approximate surface area is 157 Å². The van der Waals surface area contributed by atoms with Crippen molar-refractivity contribution in [3.05, 3.63) is 58.7 Å². The fourth-order valence-electron chi connectivity index (χ4n) is 2.73. The molecule has 0 aliphatic rings. The number of ether oxygens (including phenoxy) is 1. The predicted octanol–water partition coefficient (Wildman–Crippen LogP) is 1.84. The molecule has 0 saturated heterocycles. The van der Waals surface area contributed by atoms with Gasteiger partial charge in [-0.15, -0.1) is 0 Å². The first kappa shape index (κ1) is 20.0. The summed E-state index contributed by atoms with van der Waals surface area (Å²) in [5, 5.41) is 5.28. The normalized spacial score (nSPS) is 10.2. The van der Waals surface area contributed by atoms with Crippen molar-refractivity contribution in [1.82, 2.24) is 5.32 Å². The van der Waals surface area contributed by atoms with Crippen molar-refractivity contribution in [1.29, 1.82) is 0 Å². The fraction of sp³-hybridized carbons (Fsp3) is 0.250. The van der Waals surface area contributed by atoms with Gasteiger partial charge < -0.3 is 21.1 Å². The quantitative estimate of drug-likeness (QED) is 0.691. The predicted molar refractivity (Wildman–Crippen MR) is 103 cm³/mol. The molecule has 0 aliphatic heterocycles. The van der Waals surface area contributed by atoms with Crippen LogP contribution in [0, 0.1) is 20.8 Å². The number of nitrogens with two attached hydrogens (primary N) is 1. The van der Waals surface area contributed by atoms with E-state index >= 15 is 0 Å². The van der Waals surface area contributed by atoms with Crippen LogP contribution >= 0.6 is 0 Å². The molecule has 0 unspecified atom stereocenters. The lowest BCUT2D eigenvalue weighted by Crippen LogP contribution is -2.36. The van der Waals surface area contributed by atoms with E-state index in [1.54, 1.807) is 18.2 Å². The van der Waals surface area contributed by atoms with E-state index in [0.717, 1.165) is 22.4 Å². The second kappa shape index (κ2) is 8.84. The third-order valence-electron chi connectivity index (χ3n) is 3.90. The SMILES string of the molecule is Cc1cc(C)c(NC(=O)CNC(=O)COc2ccccc2C(N)=O)c(C)c1. The number of para-hydroxylation sites is 1. The molecular weight excluding hydrogens is 346 g/mol. The van der Waals surface area contributed by atoms with Gasteiger partial charge in [-0.25, -0.2) is 0 Å². The van der Waals surface area contributed by atoms with Crippen LogP contribution in [0.1, 0.15) is 27.0 Å². The molecule has 0 bridgehead atoms. The van der Waals surface area contributed by atoms with Crippen LogP contribution in [0.3, 0.4) is 0 Å². The minimum atomic E-state index is -0.644. The van der Waals surface area contributed by atoms with Crippen molar-refractivity contribution in [2.75, 3.05) is 18.5 Å². The number of hydrogen-bond donors (Lipinski definition) is 3. The van der Waals surface area contributed by atoms with E-state index in [2.05, 4.69) is 10.6 Å². The number of hydrogen-bond acceptors (Lipinski definition) is 4. The summed E-state index contributed by atoms with van der Waals surface area (Å²) < 4.78 is 5.32. The number of benzene rings is 2. The van der Waals surface area contributed by atoms with Gasteiger partial charge in [-0.05, 0) is 44.0 Å². The van der Waals surface area contributed by atoms with Crippen LogP contribution in [-0.2, 0) is 9.59 Å². The van der Waals surface area contributed by atoms with Gasteiger partial charge in [0.25, 0.3) is 11.8 Å². The second-order valence-electron chi connectivity index (χ2n) is 6.25. The number of carbonyl (C=O) groups is 3. The lowest BCUT2D eigenvalue weighted by atomic mass is 10.1. The molecule has 2 aromatic rings. The monoisotopic (exact) mass is 369 g/mol. The molecule has 2 aromatic carbocycles. The maximum absolute atomic E-state index is 12.1. The van der Waals surface area contributed by atoms with Gasteiger partial charge in [0.15, 0.2) is 6.61 Å². The molecule has 0 aliphatic carbocycles. The molecule has 0 radical (unpaired) electrons. The van der Waals surface area contributed by atoms with Gasteiger partial charge in [-0.1, -0.05) is 29.8 Å². The topological polar surface area (TPSA) is 111 Å². The first-order chi connectivity index (χ1) is 12.8. The first-order valence-corrected chi connectivity index (χ1v) is 8.44. The largest absolute Gasteiger partial charge is 0.483 e. The molecule has 0 saturated carbocycles. The number of rotatable bonds is 7. The van der Waals surface area contributed by atoms with Crippen molar-refractivity contribution in [3.8, 4) is 5.75 Å². The van der Waals surface area contributed by atoms with Crippen molar-refractivity contribution in [2.45, 2.75) is 20.8 Å². The van der Waals surface area contributed by atoms with E-state index in [1.807, 2.05) is 32.9 Å². The van der Waals surface area contributed by atoms with Crippen LogP contribution in [0.5, 0.6) is 5.75 Å². The Morgan fingerprint density at radius 2 is 1.63 bits per heavy atom. The Kier molecular flexibility index (Phi) is 6.54. The van der Waals surface area contributed by atoms with Gasteiger partial charge in [0.2, 0.25) is 5.91 Å². The van der Waals surface area contributed by atoms with Crippen LogP contribution in [0.4, 0.5) is 5.69 Å². The fourth-order valence-corrected chi connectivity index (χ4v) is 2.73. The average Bonchev–Trinajstić information content (AvgIpc) is 2.61. The maximum atomic E-state index is 12.1. The highest BCUT2D eigenvalue weighted by atomic mass is 16.5. The van der Waals surface area contributed by atoms with Crippen LogP contribution in [-0.4, -0.2) is 30.9 Å². The molecule has 0 atom stereocenters. The van der Waals surface area contributed by atoms with Crippen LogP contribution in [0.2, 0.25) is 0 Å². The van der Waals surface area contributed by atoms with E-state index < -0.39 is 11.8 Å². The molecule has 0 spiro atoms. The van der Waals surface area contributed by atoms with Gasteiger partial charge in [-0.3, -0.25) is 14.4 Å². The van der Waals surface area contributed by atoms with Gasteiger partial charge in [-0.2, -0.15) is 0 Å². The summed E-state index contributed by atoms with van der Waals surface area (Å²) in [7, 11) is 0. The van der Waals surface area contributed by atoms with E-state index in [1.165, 1.54) is 6.07 Å². The summed E-state index contributed by atoms with van der Waals surface area (Å²) in [6, 6.07) is 10.3. The smallest absolute Gasteiger partial charge is 0.258 e. The van der Waals surface area contributed by atoms with Crippen LogP contribution in [0.15, 0.2) is 36.4 Å². The summed E-state index contributed by atoms with van der Waals surface area (Å²) in [6.07, 6.45) is 0. The number of anilines is 1. The zero-order valence-corrected chi connectivity index (χ0v) is 15.6. The lowest BCUT2D eigenvalue weighted by Gasteiger charge is -2.13. The van der Waals surface area contributed by atoms with Crippen LogP contribution in [0.25, 0.3) is 0 Å². The highest BCUT2D eigenvalue weighted by Crippen LogP contribution is 2.21. The molecule has 2 rings (SSSR count). The Balaban J connectivity index is 1.86. The van der Waals surface area contributed by atoms with Crippen LogP contribution < -0.4 is 21.1 Å². The highest BCUT2D eigenvalue weighted by Gasteiger charge is 2.12. The Bertz CT molecular complexity index is 854. The van der Waals surface area contributed by atoms with E-state index in [0.29, 0.717) is 0 Å². The molecule has 0 fully saturated rings. The van der Waals surface area contributed by atoms with Crippen molar-refractivity contribution < 1.29 is 19.1 Å². The lowest BCUT2D eigenvalue weighted by molar-refractivity contribution is -0.125. The number of nitrogens with one attached hydrogen (secondary N) is 2. The summed E-state index contributed by atoms with van der Waals surface area (Å²) in [6.45, 7) is 5.30. The summed E-state index contributed by atoms with van der Waals surface area (Å²) in [4.78, 5) is 35.3. The number of amides is 3. The van der Waals surface area contributed by atoms with Gasteiger partial charge in [0, 0.05) is 5.69 Å². The number of aryl methyl sites for hydroxylation is 3. The Morgan fingerprint density at radius 1 is 1.00 bits per heavy atom. The zero-order valence-electron chi connectivity index (χ0n) is 15.6. The standard InChI is InChI=1S/C20H23N3O4/c1-12-8-13(2)19(14(3)9-12)23-17(24)10-22-18(25)11-27-16-7-5-4-6-15(16)20(21)26/h4-9H,10-11H2,1-3H3,(H2,21,26)(H,22,25)(H,23,24). The van der Waals surface area contributed by atoms with E-state index in [4.69, 9.17) is 10.5 Å². The van der Waals surface area contributed by atoms with Crippen molar-refractivity contribution in [2.24, 2.45) is 5.73 Å². The van der Waals surface area contributed by atoms with Crippen molar-refractivity contribution >= 4 is 23.4 Å². The Hall–Kier alpha value is -3.35. The van der Waals surface area contributed by atoms with E-state index in [9.17, 15) is 14.4 Å². The molecule has 3 amide bonds. The molecule has 0 aromatic heterocycles. The zero-order chi connectivity index (χ0) is 20.0. The van der Waals surface area contributed by atoms with Gasteiger partial charge in [0.1, 0.15) is 5.75 Å². The third-order valence-corrected chi connectivity index (χ3v) is 3.90.